The molecule has 0 aliphatic heterocycles. The van der Waals surface area contributed by atoms with Gasteiger partial charge in [0.25, 0.3) is 0 Å². The van der Waals surface area contributed by atoms with Crippen LogP contribution < -0.4 is 10.6 Å². The minimum absolute atomic E-state index is 0.333. The van der Waals surface area contributed by atoms with Gasteiger partial charge in [-0.3, -0.25) is 0 Å². The molecule has 1 aromatic heterocycles. The highest BCUT2D eigenvalue weighted by atomic mass is 32.2. The normalized spacial score (nSPS) is 12.5. The van der Waals surface area contributed by atoms with E-state index in [4.69, 9.17) is 0 Å². The molecule has 1 heterocycles. The number of thioether (sulfide) groups is 1. The lowest BCUT2D eigenvalue weighted by Gasteiger charge is -2.16. The molecule has 0 saturated carbocycles. The van der Waals surface area contributed by atoms with Gasteiger partial charge in [0.1, 0.15) is 17.5 Å². The van der Waals surface area contributed by atoms with Gasteiger partial charge in [-0.2, -0.15) is 11.8 Å². The molecule has 1 rings (SSSR count). The van der Waals surface area contributed by atoms with Gasteiger partial charge in [-0.05, 0) is 19.6 Å². The van der Waals surface area contributed by atoms with Crippen LogP contribution in [0.5, 0.6) is 0 Å². The molecule has 1 atom stereocenters. The van der Waals surface area contributed by atoms with Crippen LogP contribution in [0.1, 0.15) is 46.4 Å². The first-order valence-corrected chi connectivity index (χ1v) is 8.19. The van der Waals surface area contributed by atoms with E-state index < -0.39 is 0 Å². The highest BCUT2D eigenvalue weighted by Crippen LogP contribution is 2.18. The van der Waals surface area contributed by atoms with Gasteiger partial charge in [-0.25, -0.2) is 9.97 Å². The Balaban J connectivity index is 2.80. The highest BCUT2D eigenvalue weighted by Gasteiger charge is 2.09. The predicted molar refractivity (Wildman–Crippen MR) is 86.4 cm³/mol. The molecular weight excluding hydrogens is 256 g/mol. The smallest absolute Gasteiger partial charge is 0.135 e. The first kappa shape index (κ1) is 16.1. The zero-order chi connectivity index (χ0) is 14.3. The van der Waals surface area contributed by atoms with Gasteiger partial charge < -0.3 is 10.6 Å². The fourth-order valence-corrected chi connectivity index (χ4v) is 2.33. The Morgan fingerprint density at radius 1 is 1.16 bits per heavy atom. The molecule has 0 spiro atoms. The highest BCUT2D eigenvalue weighted by molar-refractivity contribution is 7.99. The van der Waals surface area contributed by atoms with Crippen molar-refractivity contribution in [2.45, 2.75) is 46.6 Å². The van der Waals surface area contributed by atoms with Crippen LogP contribution in [-0.2, 0) is 0 Å². The van der Waals surface area contributed by atoms with Crippen LogP contribution in [0.25, 0.3) is 0 Å². The van der Waals surface area contributed by atoms with Crippen molar-refractivity contribution in [1.29, 1.82) is 0 Å². The molecule has 0 aliphatic carbocycles. The topological polar surface area (TPSA) is 49.8 Å². The summed E-state index contributed by atoms with van der Waals surface area (Å²) in [4.78, 5) is 9.12. The number of rotatable bonds is 8. The fraction of sp³-hybridized carbons (Fsp3) is 0.714. The number of nitrogens with one attached hydrogen (secondary N) is 2. The van der Waals surface area contributed by atoms with E-state index in [0.717, 1.165) is 35.5 Å². The maximum atomic E-state index is 4.59. The predicted octanol–water partition coefficient (Wildman–Crippen LogP) is 3.59. The van der Waals surface area contributed by atoms with E-state index in [0.29, 0.717) is 12.0 Å². The molecule has 0 aliphatic rings. The van der Waals surface area contributed by atoms with Crippen LogP contribution in [0.15, 0.2) is 6.07 Å². The first-order valence-electron chi connectivity index (χ1n) is 7.03. The molecule has 0 amide bonds. The van der Waals surface area contributed by atoms with Crippen molar-refractivity contribution < 1.29 is 0 Å². The third-order valence-corrected chi connectivity index (χ3v) is 3.73. The molecule has 1 aromatic rings. The van der Waals surface area contributed by atoms with Crippen LogP contribution in [0.4, 0.5) is 11.6 Å². The average molecular weight is 282 g/mol. The molecule has 4 nitrogen and oxygen atoms in total. The largest absolute Gasteiger partial charge is 0.370 e. The summed E-state index contributed by atoms with van der Waals surface area (Å²) in [6, 6.07) is 2.40. The first-order chi connectivity index (χ1) is 9.06. The Morgan fingerprint density at radius 3 is 2.42 bits per heavy atom. The molecule has 0 radical (unpaired) electrons. The Morgan fingerprint density at radius 2 is 1.84 bits per heavy atom. The SMILES string of the molecule is CCNc1cc(NC(C)CSCC)nc(C(C)C)n1. The Labute approximate surface area is 121 Å². The number of hydrogen-bond acceptors (Lipinski definition) is 5. The van der Waals surface area contributed by atoms with Crippen molar-refractivity contribution in [3.63, 3.8) is 0 Å². The van der Waals surface area contributed by atoms with Gasteiger partial charge in [0.05, 0.1) is 0 Å². The lowest BCUT2D eigenvalue weighted by molar-refractivity contribution is 0.771. The molecule has 0 fully saturated rings. The molecule has 0 bridgehead atoms. The summed E-state index contributed by atoms with van der Waals surface area (Å²) < 4.78 is 0. The Kier molecular flexibility index (Phi) is 6.99. The van der Waals surface area contributed by atoms with E-state index in [1.54, 1.807) is 0 Å². The number of hydrogen-bond donors (Lipinski definition) is 2. The van der Waals surface area contributed by atoms with Gasteiger partial charge >= 0.3 is 0 Å². The maximum Gasteiger partial charge on any atom is 0.135 e. The molecule has 19 heavy (non-hydrogen) atoms. The molecule has 0 saturated heterocycles. The summed E-state index contributed by atoms with van der Waals surface area (Å²) in [7, 11) is 0. The van der Waals surface area contributed by atoms with Gasteiger partial charge in [0.2, 0.25) is 0 Å². The van der Waals surface area contributed by atoms with E-state index in [1.165, 1.54) is 0 Å². The lowest BCUT2D eigenvalue weighted by atomic mass is 10.2. The standard InChI is InChI=1S/C14H26N4S/c1-6-15-12-8-13(16-11(5)9-19-7-2)18-14(17-12)10(3)4/h8,10-11H,6-7,9H2,1-5H3,(H2,15,16,17,18). The van der Waals surface area contributed by atoms with Crippen molar-refractivity contribution >= 4 is 23.4 Å². The molecule has 5 heteroatoms. The average Bonchev–Trinajstić information content (AvgIpc) is 2.36. The second kappa shape index (κ2) is 8.25. The van der Waals surface area contributed by atoms with Crippen molar-refractivity contribution in [3.8, 4) is 0 Å². The summed E-state index contributed by atoms with van der Waals surface area (Å²) in [6.07, 6.45) is 0. The minimum Gasteiger partial charge on any atom is -0.370 e. The lowest BCUT2D eigenvalue weighted by Crippen LogP contribution is -2.20. The molecule has 2 N–H and O–H groups in total. The van der Waals surface area contributed by atoms with Gasteiger partial charge in [-0.15, -0.1) is 0 Å². The summed E-state index contributed by atoms with van der Waals surface area (Å²) in [6.45, 7) is 11.5. The molecular formula is C14H26N4S. The van der Waals surface area contributed by atoms with E-state index in [9.17, 15) is 0 Å². The minimum atomic E-state index is 0.333. The van der Waals surface area contributed by atoms with Crippen LogP contribution in [0.3, 0.4) is 0 Å². The van der Waals surface area contributed by atoms with E-state index in [1.807, 2.05) is 17.8 Å². The summed E-state index contributed by atoms with van der Waals surface area (Å²) >= 11 is 1.94. The molecule has 1 unspecified atom stereocenters. The van der Waals surface area contributed by atoms with Gasteiger partial charge in [0, 0.05) is 30.3 Å². The third kappa shape index (κ3) is 5.68. The Bertz CT molecular complexity index is 382. The van der Waals surface area contributed by atoms with E-state index in [2.05, 4.69) is 55.2 Å². The van der Waals surface area contributed by atoms with Crippen molar-refractivity contribution in [2.75, 3.05) is 28.7 Å². The third-order valence-electron chi connectivity index (χ3n) is 2.58. The monoisotopic (exact) mass is 282 g/mol. The van der Waals surface area contributed by atoms with Crippen molar-refractivity contribution in [1.82, 2.24) is 9.97 Å². The summed E-state index contributed by atoms with van der Waals surface area (Å²) in [5.41, 5.74) is 0. The zero-order valence-corrected chi connectivity index (χ0v) is 13.5. The quantitative estimate of drug-likeness (QED) is 0.763. The van der Waals surface area contributed by atoms with Crippen LogP contribution >= 0.6 is 11.8 Å². The van der Waals surface area contributed by atoms with Crippen LogP contribution in [0.2, 0.25) is 0 Å². The second-order valence-corrected chi connectivity index (χ2v) is 6.21. The molecule has 108 valence electrons. The Hall–Kier alpha value is -0.970. The zero-order valence-electron chi connectivity index (χ0n) is 12.7. The fourth-order valence-electron chi connectivity index (χ4n) is 1.66. The summed E-state index contributed by atoms with van der Waals surface area (Å²) in [5.74, 6) is 5.28. The molecule has 0 aromatic carbocycles. The van der Waals surface area contributed by atoms with E-state index in [-0.39, 0.29) is 0 Å². The van der Waals surface area contributed by atoms with Crippen molar-refractivity contribution in [2.24, 2.45) is 0 Å². The number of anilines is 2. The number of nitrogens with zero attached hydrogens (tertiary/aromatic N) is 2. The van der Waals surface area contributed by atoms with E-state index >= 15 is 0 Å². The maximum absolute atomic E-state index is 4.59. The van der Waals surface area contributed by atoms with Crippen LogP contribution in [0, 0.1) is 0 Å². The number of aromatic nitrogens is 2. The second-order valence-electron chi connectivity index (χ2n) is 4.89. The van der Waals surface area contributed by atoms with Crippen molar-refractivity contribution in [3.05, 3.63) is 11.9 Å². The van der Waals surface area contributed by atoms with Crippen LogP contribution in [-0.4, -0.2) is 34.1 Å². The van der Waals surface area contributed by atoms with Gasteiger partial charge in [0.15, 0.2) is 0 Å². The summed E-state index contributed by atoms with van der Waals surface area (Å²) in [5, 5.41) is 6.72. The van der Waals surface area contributed by atoms with Gasteiger partial charge in [-0.1, -0.05) is 20.8 Å².